The van der Waals surface area contributed by atoms with Gasteiger partial charge < -0.3 is 20.1 Å². The van der Waals surface area contributed by atoms with Gasteiger partial charge in [0.05, 0.1) is 23.5 Å². The first-order valence-electron chi connectivity index (χ1n) is 14.2. The van der Waals surface area contributed by atoms with E-state index in [1.165, 1.54) is 39.3 Å². The molecule has 1 aliphatic heterocycles. The molecule has 1 aliphatic rings. The van der Waals surface area contributed by atoms with Gasteiger partial charge in [-0.3, -0.25) is 9.78 Å². The molecule has 0 saturated carbocycles. The number of hydrogen-bond acceptors (Lipinski definition) is 3. The Bertz CT molecular complexity index is 1620. The van der Waals surface area contributed by atoms with Crippen LogP contribution in [0.2, 0.25) is 0 Å². The lowest BCUT2D eigenvalue weighted by Gasteiger charge is -2.29. The van der Waals surface area contributed by atoms with Gasteiger partial charge in [0.25, 0.3) is 0 Å². The quantitative estimate of drug-likeness (QED) is 0.237. The summed E-state index contributed by atoms with van der Waals surface area (Å²) in [6.07, 6.45) is 1.83. The molecule has 212 valence electrons. The van der Waals surface area contributed by atoms with Crippen molar-refractivity contribution in [3.63, 3.8) is 0 Å². The Morgan fingerprint density at radius 3 is 2.27 bits per heavy atom. The molecular formula is C34H39N5OS. The van der Waals surface area contributed by atoms with Crippen molar-refractivity contribution in [2.75, 3.05) is 10.2 Å². The lowest BCUT2D eigenvalue weighted by Crippen LogP contribution is -2.29. The van der Waals surface area contributed by atoms with E-state index in [0.717, 1.165) is 22.6 Å². The molecule has 0 aliphatic carbocycles. The summed E-state index contributed by atoms with van der Waals surface area (Å²) in [5.41, 5.74) is 12.3. The molecular weight excluding hydrogens is 526 g/mol. The minimum Gasteiger partial charge on any atom is -0.351 e. The third-order valence-corrected chi connectivity index (χ3v) is 8.33. The number of pyridine rings is 1. The molecule has 5 rings (SSSR count). The molecule has 3 heterocycles. The molecule has 0 unspecified atom stereocenters. The van der Waals surface area contributed by atoms with Crippen molar-refractivity contribution in [3.05, 3.63) is 106 Å². The third kappa shape index (κ3) is 5.26. The number of nitrogens with one attached hydrogen (secondary N) is 2. The van der Waals surface area contributed by atoms with Gasteiger partial charge in [0.15, 0.2) is 5.11 Å². The molecule has 0 spiro atoms. The summed E-state index contributed by atoms with van der Waals surface area (Å²) in [5.74, 6) is -0.0922. The van der Waals surface area contributed by atoms with Crippen LogP contribution in [0.1, 0.15) is 70.8 Å². The number of aromatic nitrogens is 2. The number of amides is 1. The summed E-state index contributed by atoms with van der Waals surface area (Å²) in [4.78, 5) is 19.3. The highest BCUT2D eigenvalue weighted by Gasteiger charge is 2.42. The Morgan fingerprint density at radius 1 is 0.951 bits per heavy atom. The molecule has 2 aromatic heterocycles. The van der Waals surface area contributed by atoms with Gasteiger partial charge >= 0.3 is 0 Å². The molecule has 1 saturated heterocycles. The van der Waals surface area contributed by atoms with Crippen LogP contribution in [0, 0.1) is 47.5 Å². The fourth-order valence-corrected chi connectivity index (χ4v) is 6.47. The van der Waals surface area contributed by atoms with E-state index < -0.39 is 0 Å². The molecule has 2 atom stereocenters. The van der Waals surface area contributed by atoms with Crippen LogP contribution in [-0.2, 0) is 4.79 Å². The Hall–Kier alpha value is -3.97. The zero-order valence-corrected chi connectivity index (χ0v) is 26.0. The maximum absolute atomic E-state index is 12.4. The monoisotopic (exact) mass is 565 g/mol. The fourth-order valence-electron chi connectivity index (χ4n) is 6.12. The number of nitrogens with zero attached hydrogens (tertiary/aromatic N) is 3. The van der Waals surface area contributed by atoms with Crippen LogP contribution in [0.4, 0.5) is 11.4 Å². The molecule has 6 nitrogen and oxygen atoms in total. The van der Waals surface area contributed by atoms with Crippen LogP contribution in [0.3, 0.4) is 0 Å². The van der Waals surface area contributed by atoms with Gasteiger partial charge in [0, 0.05) is 34.9 Å². The Labute approximate surface area is 248 Å². The van der Waals surface area contributed by atoms with Crippen molar-refractivity contribution >= 4 is 34.6 Å². The first-order chi connectivity index (χ1) is 19.5. The van der Waals surface area contributed by atoms with E-state index in [2.05, 4.69) is 85.1 Å². The lowest BCUT2D eigenvalue weighted by molar-refractivity contribution is -0.118. The van der Waals surface area contributed by atoms with Gasteiger partial charge in [-0.05, 0) is 112 Å². The number of hydrogen-bond donors (Lipinski definition) is 2. The van der Waals surface area contributed by atoms with E-state index in [0.29, 0.717) is 5.11 Å². The fraction of sp³-hybridized carbons (Fsp3) is 0.324. The lowest BCUT2D eigenvalue weighted by atomic mass is 9.96. The third-order valence-electron chi connectivity index (χ3n) is 8.02. The van der Waals surface area contributed by atoms with Gasteiger partial charge in [-0.15, -0.1) is 0 Å². The normalized spacial score (nSPS) is 16.8. The van der Waals surface area contributed by atoms with Gasteiger partial charge in [-0.25, -0.2) is 0 Å². The van der Waals surface area contributed by atoms with Crippen molar-refractivity contribution in [1.29, 1.82) is 0 Å². The van der Waals surface area contributed by atoms with E-state index >= 15 is 0 Å². The standard InChI is InChI=1S/C34H39N5OS/c1-19(2)33(40)36-28-13-12-26(17-21(28)4)39-32(30(37-34(39)41)29-11-9-10-14-35-29)27-18-24(7)38(25(27)8)31-22(5)15-20(3)16-23(31)6/h9-19,30,32H,1-8H3,(H,36,40)(H,37,41)/t30-,32-/m0/s1. The number of anilines is 2. The molecule has 0 radical (unpaired) electrons. The van der Waals surface area contributed by atoms with Crippen molar-refractivity contribution in [1.82, 2.24) is 14.9 Å². The second kappa shape index (κ2) is 11.1. The molecule has 2 aromatic carbocycles. The van der Waals surface area contributed by atoms with E-state index in [1.807, 2.05) is 51.2 Å². The summed E-state index contributed by atoms with van der Waals surface area (Å²) in [6.45, 7) is 16.7. The first-order valence-corrected chi connectivity index (χ1v) is 14.6. The van der Waals surface area contributed by atoms with Crippen molar-refractivity contribution in [2.24, 2.45) is 5.92 Å². The van der Waals surface area contributed by atoms with Crippen LogP contribution in [0.15, 0.2) is 60.8 Å². The number of aryl methyl sites for hydroxylation is 5. The minimum atomic E-state index is -0.140. The zero-order chi connectivity index (χ0) is 29.6. The van der Waals surface area contributed by atoms with Crippen LogP contribution in [0.25, 0.3) is 5.69 Å². The molecule has 41 heavy (non-hydrogen) atoms. The molecule has 1 fully saturated rings. The topological polar surface area (TPSA) is 62.2 Å². The molecule has 1 amide bonds. The average Bonchev–Trinajstić information content (AvgIpc) is 3.40. The predicted octanol–water partition coefficient (Wildman–Crippen LogP) is 7.49. The summed E-state index contributed by atoms with van der Waals surface area (Å²) in [7, 11) is 0. The smallest absolute Gasteiger partial charge is 0.226 e. The van der Waals surface area contributed by atoms with Gasteiger partial charge in [0.2, 0.25) is 5.91 Å². The van der Waals surface area contributed by atoms with Gasteiger partial charge in [0.1, 0.15) is 0 Å². The summed E-state index contributed by atoms with van der Waals surface area (Å²) in [6, 6.07) is 18.7. The largest absolute Gasteiger partial charge is 0.351 e. The highest BCUT2D eigenvalue weighted by molar-refractivity contribution is 7.80. The Morgan fingerprint density at radius 2 is 1.66 bits per heavy atom. The van der Waals surface area contributed by atoms with Crippen molar-refractivity contribution < 1.29 is 4.79 Å². The second-order valence-corrected chi connectivity index (χ2v) is 11.9. The number of benzene rings is 2. The molecule has 2 N–H and O–H groups in total. The second-order valence-electron chi connectivity index (χ2n) is 11.5. The summed E-state index contributed by atoms with van der Waals surface area (Å²) < 4.78 is 2.38. The summed E-state index contributed by atoms with van der Waals surface area (Å²) >= 11 is 6.00. The maximum atomic E-state index is 12.4. The molecule has 7 heteroatoms. The summed E-state index contributed by atoms with van der Waals surface area (Å²) in [5, 5.41) is 7.29. The SMILES string of the molecule is Cc1cc(C)c(-n2c(C)cc([C@H]3[C@H](c4ccccn4)NC(=S)N3c3ccc(NC(=O)C(C)C)c(C)c3)c2C)c(C)c1. The van der Waals surface area contributed by atoms with Gasteiger partial charge in [-0.2, -0.15) is 0 Å². The van der Waals surface area contributed by atoms with Gasteiger partial charge in [-0.1, -0.05) is 37.6 Å². The van der Waals surface area contributed by atoms with E-state index in [1.54, 1.807) is 0 Å². The number of thiocarbonyl (C=S) groups is 1. The minimum absolute atomic E-state index is 0.00133. The van der Waals surface area contributed by atoms with Crippen LogP contribution in [0.5, 0.6) is 0 Å². The average molecular weight is 566 g/mol. The highest BCUT2D eigenvalue weighted by atomic mass is 32.1. The zero-order valence-electron chi connectivity index (χ0n) is 25.2. The van der Waals surface area contributed by atoms with Crippen molar-refractivity contribution in [2.45, 2.75) is 67.5 Å². The molecule has 0 bridgehead atoms. The molecule has 4 aromatic rings. The Kier molecular flexibility index (Phi) is 7.75. The Balaban J connectivity index is 1.65. The van der Waals surface area contributed by atoms with E-state index in [4.69, 9.17) is 17.2 Å². The predicted molar refractivity (Wildman–Crippen MR) is 172 cm³/mol. The first kappa shape index (κ1) is 28.6. The number of rotatable bonds is 6. The van der Waals surface area contributed by atoms with E-state index in [9.17, 15) is 4.79 Å². The maximum Gasteiger partial charge on any atom is 0.226 e. The number of carbonyl (C=O) groups excluding carboxylic acids is 1. The number of carbonyl (C=O) groups is 1. The van der Waals surface area contributed by atoms with Crippen molar-refractivity contribution in [3.8, 4) is 5.69 Å². The van der Waals surface area contributed by atoms with Crippen LogP contribution >= 0.6 is 12.2 Å². The van der Waals surface area contributed by atoms with Crippen LogP contribution in [-0.4, -0.2) is 20.6 Å². The van der Waals surface area contributed by atoms with Crippen LogP contribution < -0.4 is 15.5 Å². The van der Waals surface area contributed by atoms with E-state index in [-0.39, 0.29) is 23.9 Å². The highest BCUT2D eigenvalue weighted by Crippen LogP contribution is 2.44.